The molecule has 108 valence electrons. The van der Waals surface area contributed by atoms with Gasteiger partial charge in [-0.3, -0.25) is 4.79 Å². The van der Waals surface area contributed by atoms with E-state index in [0.29, 0.717) is 25.4 Å². The van der Waals surface area contributed by atoms with E-state index < -0.39 is 5.97 Å². The second-order valence-electron chi connectivity index (χ2n) is 5.76. The third-order valence-electron chi connectivity index (χ3n) is 4.27. The second kappa shape index (κ2) is 5.77. The molecule has 3 N–H and O–H groups in total. The molecule has 0 aromatic rings. The molecule has 1 heterocycles. The molecule has 19 heavy (non-hydrogen) atoms. The molecule has 2 fully saturated rings. The van der Waals surface area contributed by atoms with Crippen molar-refractivity contribution in [1.82, 2.24) is 10.2 Å². The minimum atomic E-state index is -0.847. The van der Waals surface area contributed by atoms with Crippen molar-refractivity contribution in [3.63, 3.8) is 0 Å². The standard InChI is InChI=1S/C13H22N2O4/c1-8(2-5-12(17)18)14-13(19)15-6-9-3-4-11(16)10(9)7-15/h8-11,16H,2-7H2,1H3,(H,14,19)(H,17,18). The van der Waals surface area contributed by atoms with Crippen LogP contribution < -0.4 is 5.32 Å². The first-order chi connectivity index (χ1) is 8.97. The fourth-order valence-electron chi connectivity index (χ4n) is 3.12. The Labute approximate surface area is 112 Å². The summed E-state index contributed by atoms with van der Waals surface area (Å²) in [4.78, 5) is 24.2. The Morgan fingerprint density at radius 1 is 1.37 bits per heavy atom. The van der Waals surface area contributed by atoms with Crippen molar-refractivity contribution < 1.29 is 19.8 Å². The van der Waals surface area contributed by atoms with E-state index in [4.69, 9.17) is 5.11 Å². The summed E-state index contributed by atoms with van der Waals surface area (Å²) < 4.78 is 0. The number of nitrogens with zero attached hydrogens (tertiary/aromatic N) is 1. The number of carbonyl (C=O) groups is 2. The first-order valence-electron chi connectivity index (χ1n) is 6.92. The molecule has 1 saturated heterocycles. The minimum absolute atomic E-state index is 0.0609. The monoisotopic (exact) mass is 270 g/mol. The van der Waals surface area contributed by atoms with E-state index in [9.17, 15) is 14.7 Å². The number of carbonyl (C=O) groups excluding carboxylic acids is 1. The van der Waals surface area contributed by atoms with Crippen LogP contribution in [-0.2, 0) is 4.79 Å². The molecule has 0 aromatic carbocycles. The van der Waals surface area contributed by atoms with E-state index in [1.54, 1.807) is 4.90 Å². The van der Waals surface area contributed by atoms with Crippen LogP contribution in [0.2, 0.25) is 0 Å². The molecule has 2 rings (SSSR count). The van der Waals surface area contributed by atoms with E-state index >= 15 is 0 Å². The van der Waals surface area contributed by atoms with Gasteiger partial charge in [-0.25, -0.2) is 4.79 Å². The normalized spacial score (nSPS) is 31.1. The van der Waals surface area contributed by atoms with Crippen LogP contribution in [-0.4, -0.2) is 52.3 Å². The van der Waals surface area contributed by atoms with Gasteiger partial charge < -0.3 is 20.4 Å². The fraction of sp³-hybridized carbons (Fsp3) is 0.846. The molecule has 4 unspecified atom stereocenters. The smallest absolute Gasteiger partial charge is 0.317 e. The Morgan fingerprint density at radius 3 is 2.74 bits per heavy atom. The average Bonchev–Trinajstić information content (AvgIpc) is 2.89. The molecule has 0 spiro atoms. The number of aliphatic carboxylic acids is 1. The molecular weight excluding hydrogens is 248 g/mol. The lowest BCUT2D eigenvalue weighted by molar-refractivity contribution is -0.137. The van der Waals surface area contributed by atoms with Gasteiger partial charge in [0.05, 0.1) is 6.10 Å². The molecular formula is C13H22N2O4. The number of aliphatic hydroxyl groups excluding tert-OH is 1. The van der Waals surface area contributed by atoms with E-state index in [1.807, 2.05) is 6.92 Å². The Bertz CT molecular complexity index is 361. The number of aliphatic hydroxyl groups is 1. The van der Waals surface area contributed by atoms with Crippen molar-refractivity contribution in [1.29, 1.82) is 0 Å². The van der Waals surface area contributed by atoms with Crippen LogP contribution in [0.3, 0.4) is 0 Å². The van der Waals surface area contributed by atoms with Crippen molar-refractivity contribution in [2.45, 2.75) is 44.8 Å². The topological polar surface area (TPSA) is 89.9 Å². The Balaban J connectivity index is 1.77. The predicted octanol–water partition coefficient (Wildman–Crippen LogP) is 0.652. The average molecular weight is 270 g/mol. The molecule has 1 saturated carbocycles. The number of rotatable bonds is 4. The van der Waals surface area contributed by atoms with Crippen molar-refractivity contribution in [2.75, 3.05) is 13.1 Å². The maximum Gasteiger partial charge on any atom is 0.317 e. The van der Waals surface area contributed by atoms with Crippen LogP contribution in [0.1, 0.15) is 32.6 Å². The van der Waals surface area contributed by atoms with Crippen LogP contribution in [0.15, 0.2) is 0 Å². The molecule has 2 aliphatic rings. The summed E-state index contributed by atoms with van der Waals surface area (Å²) in [5.41, 5.74) is 0. The summed E-state index contributed by atoms with van der Waals surface area (Å²) in [7, 11) is 0. The zero-order valence-electron chi connectivity index (χ0n) is 11.2. The van der Waals surface area contributed by atoms with Gasteiger partial charge >= 0.3 is 12.0 Å². The number of carboxylic acid groups (broad SMARTS) is 1. The summed E-state index contributed by atoms with van der Waals surface area (Å²) in [6.45, 7) is 3.13. The van der Waals surface area contributed by atoms with Gasteiger partial charge in [0, 0.05) is 31.5 Å². The lowest BCUT2D eigenvalue weighted by Gasteiger charge is -2.22. The predicted molar refractivity (Wildman–Crippen MR) is 68.7 cm³/mol. The van der Waals surface area contributed by atoms with Crippen molar-refractivity contribution in [3.8, 4) is 0 Å². The van der Waals surface area contributed by atoms with Crippen molar-refractivity contribution in [2.24, 2.45) is 11.8 Å². The number of hydrogen-bond donors (Lipinski definition) is 3. The third kappa shape index (κ3) is 3.37. The van der Waals surface area contributed by atoms with Crippen LogP contribution in [0.25, 0.3) is 0 Å². The van der Waals surface area contributed by atoms with Gasteiger partial charge in [0.2, 0.25) is 0 Å². The van der Waals surface area contributed by atoms with E-state index in [0.717, 1.165) is 12.8 Å². The molecule has 4 atom stereocenters. The summed E-state index contributed by atoms with van der Waals surface area (Å²) in [5.74, 6) is -0.199. The molecule has 0 aromatic heterocycles. The molecule has 1 aliphatic heterocycles. The highest BCUT2D eigenvalue weighted by atomic mass is 16.4. The summed E-state index contributed by atoms with van der Waals surface area (Å²) in [6, 6.07) is -0.284. The molecule has 0 bridgehead atoms. The number of nitrogens with one attached hydrogen (secondary N) is 1. The first-order valence-corrected chi connectivity index (χ1v) is 6.92. The Morgan fingerprint density at radius 2 is 2.11 bits per heavy atom. The van der Waals surface area contributed by atoms with Gasteiger partial charge in [0.25, 0.3) is 0 Å². The van der Waals surface area contributed by atoms with Crippen molar-refractivity contribution in [3.05, 3.63) is 0 Å². The molecule has 0 radical (unpaired) electrons. The highest BCUT2D eigenvalue weighted by Gasteiger charge is 2.43. The van der Waals surface area contributed by atoms with E-state index in [1.165, 1.54) is 0 Å². The zero-order valence-corrected chi connectivity index (χ0v) is 11.2. The highest BCUT2D eigenvalue weighted by Crippen LogP contribution is 2.37. The van der Waals surface area contributed by atoms with Gasteiger partial charge in [0.1, 0.15) is 0 Å². The molecule has 2 amide bonds. The van der Waals surface area contributed by atoms with Gasteiger partial charge in [0.15, 0.2) is 0 Å². The van der Waals surface area contributed by atoms with Gasteiger partial charge in [-0.1, -0.05) is 0 Å². The van der Waals surface area contributed by atoms with Crippen LogP contribution in [0.5, 0.6) is 0 Å². The lowest BCUT2D eigenvalue weighted by atomic mass is 10.00. The maximum atomic E-state index is 12.0. The van der Waals surface area contributed by atoms with Crippen LogP contribution >= 0.6 is 0 Å². The summed E-state index contributed by atoms with van der Waals surface area (Å²) >= 11 is 0. The van der Waals surface area contributed by atoms with Crippen LogP contribution in [0.4, 0.5) is 4.79 Å². The number of urea groups is 1. The number of amides is 2. The van der Waals surface area contributed by atoms with Gasteiger partial charge in [-0.2, -0.15) is 0 Å². The lowest BCUT2D eigenvalue weighted by Crippen LogP contribution is -2.43. The summed E-state index contributed by atoms with van der Waals surface area (Å²) in [6.07, 6.45) is 2.06. The SMILES string of the molecule is CC(CCC(=O)O)NC(=O)N1CC2CCC(O)C2C1. The largest absolute Gasteiger partial charge is 0.481 e. The van der Waals surface area contributed by atoms with E-state index in [2.05, 4.69) is 5.32 Å². The Kier molecular flexibility index (Phi) is 4.29. The maximum absolute atomic E-state index is 12.0. The van der Waals surface area contributed by atoms with Gasteiger partial charge in [-0.05, 0) is 32.1 Å². The van der Waals surface area contributed by atoms with Gasteiger partial charge in [-0.15, -0.1) is 0 Å². The zero-order chi connectivity index (χ0) is 14.0. The second-order valence-corrected chi connectivity index (χ2v) is 5.76. The number of carboxylic acids is 1. The third-order valence-corrected chi connectivity index (χ3v) is 4.27. The summed E-state index contributed by atoms with van der Waals surface area (Å²) in [5, 5.41) is 21.2. The number of fused-ring (bicyclic) bond motifs is 1. The number of hydrogen-bond acceptors (Lipinski definition) is 3. The molecule has 6 nitrogen and oxygen atoms in total. The molecule has 1 aliphatic carbocycles. The Hall–Kier alpha value is -1.30. The fourth-order valence-corrected chi connectivity index (χ4v) is 3.12. The number of likely N-dealkylation sites (tertiary alicyclic amines) is 1. The molecule has 6 heteroatoms. The minimum Gasteiger partial charge on any atom is -0.481 e. The quantitative estimate of drug-likeness (QED) is 0.699. The van der Waals surface area contributed by atoms with Crippen LogP contribution in [0, 0.1) is 11.8 Å². The highest BCUT2D eigenvalue weighted by molar-refractivity contribution is 5.75. The van der Waals surface area contributed by atoms with Crippen molar-refractivity contribution >= 4 is 12.0 Å². The first kappa shape index (κ1) is 14.1. The van der Waals surface area contributed by atoms with E-state index in [-0.39, 0.29) is 30.5 Å².